The maximum absolute atomic E-state index is 12.1. The van der Waals surface area contributed by atoms with Crippen LogP contribution >= 0.6 is 0 Å². The van der Waals surface area contributed by atoms with Crippen molar-refractivity contribution in [3.63, 3.8) is 0 Å². The Morgan fingerprint density at radius 1 is 0.870 bits per heavy atom. The minimum Gasteiger partial charge on any atom is -0.462 e. The molecule has 46 heavy (non-hydrogen) atoms. The van der Waals surface area contributed by atoms with E-state index in [0.29, 0.717) is 38.1 Å². The fourth-order valence-corrected chi connectivity index (χ4v) is 6.66. The number of carbonyl (C=O) groups is 1. The molecule has 5 atom stereocenters. The lowest BCUT2D eigenvalue weighted by atomic mass is 9.65. The smallest absolute Gasteiger partial charge is 0.302 e. The monoisotopic (exact) mass is 640 g/mol. The average molecular weight is 641 g/mol. The summed E-state index contributed by atoms with van der Waals surface area (Å²) in [5.41, 5.74) is 2.62. The van der Waals surface area contributed by atoms with Crippen molar-refractivity contribution in [2.24, 2.45) is 10.8 Å². The van der Waals surface area contributed by atoms with E-state index in [1.54, 1.807) is 0 Å². The zero-order valence-electron chi connectivity index (χ0n) is 29.2. The van der Waals surface area contributed by atoms with Gasteiger partial charge in [-0.25, -0.2) is 0 Å². The van der Waals surface area contributed by atoms with E-state index in [1.165, 1.54) is 13.3 Å². The van der Waals surface area contributed by atoms with Crippen molar-refractivity contribution >= 4 is 5.97 Å². The second kappa shape index (κ2) is 19.5. The number of rotatable bonds is 21. The molecule has 1 aliphatic rings. The number of hydrogen-bond donors (Lipinski definition) is 1. The Balaban J connectivity index is 1.70. The van der Waals surface area contributed by atoms with Gasteiger partial charge in [0.05, 0.1) is 38.6 Å². The highest BCUT2D eigenvalue weighted by atomic mass is 16.7. The van der Waals surface area contributed by atoms with E-state index in [-0.39, 0.29) is 30.2 Å². The first-order valence-electron chi connectivity index (χ1n) is 17.5. The zero-order valence-corrected chi connectivity index (χ0v) is 29.2. The second-order valence-electron chi connectivity index (χ2n) is 13.5. The van der Waals surface area contributed by atoms with E-state index in [1.807, 2.05) is 60.7 Å². The number of aliphatic hydroxyl groups is 1. The predicted molar refractivity (Wildman–Crippen MR) is 182 cm³/mol. The molecule has 5 unspecified atom stereocenters. The fraction of sp³-hybridized carbons (Fsp3) is 0.667. The van der Waals surface area contributed by atoms with E-state index in [4.69, 9.17) is 23.7 Å². The van der Waals surface area contributed by atoms with Crippen molar-refractivity contribution in [3.05, 3.63) is 71.8 Å². The molecule has 7 heteroatoms. The van der Waals surface area contributed by atoms with Gasteiger partial charge in [0.15, 0.2) is 6.29 Å². The molecule has 2 aromatic rings. The Kier molecular flexibility index (Phi) is 16.2. The van der Waals surface area contributed by atoms with E-state index < -0.39 is 18.5 Å². The number of benzene rings is 2. The molecule has 3 rings (SSSR count). The van der Waals surface area contributed by atoms with Crippen LogP contribution in [-0.4, -0.2) is 55.0 Å². The summed E-state index contributed by atoms with van der Waals surface area (Å²) >= 11 is 0. The zero-order chi connectivity index (χ0) is 33.4. The number of esters is 1. The quantitative estimate of drug-likeness (QED) is 0.137. The Morgan fingerprint density at radius 2 is 1.46 bits per heavy atom. The summed E-state index contributed by atoms with van der Waals surface area (Å²) in [6.07, 6.45) is 6.24. The van der Waals surface area contributed by atoms with Crippen molar-refractivity contribution in [3.8, 4) is 0 Å². The molecule has 258 valence electrons. The molecule has 0 aromatic heterocycles. The molecule has 0 spiro atoms. The molecule has 0 aliphatic carbocycles. The Labute approximate surface area is 278 Å². The topological polar surface area (TPSA) is 83.5 Å². The minimum absolute atomic E-state index is 0.142. The maximum atomic E-state index is 12.1. The molecule has 1 N–H and O–H groups in total. The SMILES string of the molecule is CCC(C)(CC)CC(CC)(CC)CCC(CCOC1OC(CO)CC(OCc2ccccc2)C1OCc1ccccc1)OC(C)=O. The minimum atomic E-state index is -0.742. The van der Waals surface area contributed by atoms with Crippen molar-refractivity contribution in [2.45, 2.75) is 143 Å². The summed E-state index contributed by atoms with van der Waals surface area (Å²) in [6.45, 7) is 14.0. The lowest BCUT2D eigenvalue weighted by Gasteiger charge is -2.41. The van der Waals surface area contributed by atoms with E-state index >= 15 is 0 Å². The average Bonchev–Trinajstić information content (AvgIpc) is 3.08. The Hall–Kier alpha value is -2.29. The van der Waals surface area contributed by atoms with Gasteiger partial charge in [0.2, 0.25) is 0 Å². The van der Waals surface area contributed by atoms with Gasteiger partial charge in [0.25, 0.3) is 0 Å². The molecule has 0 amide bonds. The van der Waals surface area contributed by atoms with Gasteiger partial charge < -0.3 is 28.8 Å². The number of ether oxygens (including phenoxy) is 5. The molecular formula is C39H60O7. The van der Waals surface area contributed by atoms with Crippen molar-refractivity contribution < 1.29 is 33.6 Å². The second-order valence-corrected chi connectivity index (χ2v) is 13.5. The van der Waals surface area contributed by atoms with Crippen LogP contribution in [-0.2, 0) is 41.7 Å². The summed E-state index contributed by atoms with van der Waals surface area (Å²) in [5.74, 6) is -0.275. The van der Waals surface area contributed by atoms with Crippen LogP contribution in [0.15, 0.2) is 60.7 Å². The summed E-state index contributed by atoms with van der Waals surface area (Å²) in [5, 5.41) is 10.1. The molecule has 1 saturated heterocycles. The van der Waals surface area contributed by atoms with Crippen LogP contribution in [0.25, 0.3) is 0 Å². The number of carbonyl (C=O) groups excluding carboxylic acids is 1. The van der Waals surface area contributed by atoms with E-state index in [0.717, 1.165) is 49.7 Å². The highest BCUT2D eigenvalue weighted by Gasteiger charge is 2.41. The van der Waals surface area contributed by atoms with Crippen molar-refractivity contribution in [2.75, 3.05) is 13.2 Å². The third-order valence-electron chi connectivity index (χ3n) is 10.3. The van der Waals surface area contributed by atoms with Gasteiger partial charge in [0, 0.05) is 19.8 Å². The molecule has 7 nitrogen and oxygen atoms in total. The molecule has 0 bridgehead atoms. The van der Waals surface area contributed by atoms with Gasteiger partial charge in [-0.3, -0.25) is 4.79 Å². The lowest BCUT2D eigenvalue weighted by Crippen LogP contribution is -2.52. The number of hydrogen-bond acceptors (Lipinski definition) is 7. The summed E-state index contributed by atoms with van der Waals surface area (Å²) in [4.78, 5) is 12.1. The summed E-state index contributed by atoms with van der Waals surface area (Å²) in [7, 11) is 0. The van der Waals surface area contributed by atoms with Crippen LogP contribution in [0, 0.1) is 10.8 Å². The third-order valence-corrected chi connectivity index (χ3v) is 10.3. The molecule has 1 aliphatic heterocycles. The van der Waals surface area contributed by atoms with Gasteiger partial charge in [-0.05, 0) is 41.2 Å². The summed E-state index contributed by atoms with van der Waals surface area (Å²) < 4.78 is 31.3. The van der Waals surface area contributed by atoms with Gasteiger partial charge >= 0.3 is 5.97 Å². The fourth-order valence-electron chi connectivity index (χ4n) is 6.66. The Morgan fingerprint density at radius 3 is 1.98 bits per heavy atom. The van der Waals surface area contributed by atoms with Crippen LogP contribution < -0.4 is 0 Å². The van der Waals surface area contributed by atoms with E-state index in [9.17, 15) is 9.90 Å². The molecule has 0 saturated carbocycles. The predicted octanol–water partition coefficient (Wildman–Crippen LogP) is 8.41. The molecule has 1 heterocycles. The normalized spacial score (nSPS) is 21.2. The maximum Gasteiger partial charge on any atom is 0.302 e. The van der Waals surface area contributed by atoms with Crippen LogP contribution in [0.3, 0.4) is 0 Å². The van der Waals surface area contributed by atoms with Crippen molar-refractivity contribution in [1.82, 2.24) is 0 Å². The highest BCUT2D eigenvalue weighted by Crippen LogP contribution is 2.46. The van der Waals surface area contributed by atoms with E-state index in [2.05, 4.69) is 34.6 Å². The van der Waals surface area contributed by atoms with Crippen LogP contribution in [0.2, 0.25) is 0 Å². The van der Waals surface area contributed by atoms with Gasteiger partial charge in [-0.15, -0.1) is 0 Å². The van der Waals surface area contributed by atoms with Gasteiger partial charge in [-0.2, -0.15) is 0 Å². The van der Waals surface area contributed by atoms with Gasteiger partial charge in [-0.1, -0.05) is 121 Å². The van der Waals surface area contributed by atoms with Gasteiger partial charge in [0.1, 0.15) is 12.2 Å². The highest BCUT2D eigenvalue weighted by molar-refractivity contribution is 5.66. The number of aliphatic hydroxyl groups excluding tert-OH is 1. The summed E-state index contributed by atoms with van der Waals surface area (Å²) in [6, 6.07) is 20.0. The third kappa shape index (κ3) is 12.1. The first-order valence-corrected chi connectivity index (χ1v) is 17.5. The Bertz CT molecular complexity index is 1100. The van der Waals surface area contributed by atoms with Crippen molar-refractivity contribution in [1.29, 1.82) is 0 Å². The molecule has 0 radical (unpaired) electrons. The first kappa shape index (κ1) is 38.2. The molecule has 1 fully saturated rings. The van der Waals surface area contributed by atoms with Crippen LogP contribution in [0.4, 0.5) is 0 Å². The first-order chi connectivity index (χ1) is 22.2. The molecule has 2 aromatic carbocycles. The van der Waals surface area contributed by atoms with Crippen LogP contribution in [0.5, 0.6) is 0 Å². The van der Waals surface area contributed by atoms with Crippen LogP contribution in [0.1, 0.15) is 110 Å². The standard InChI is InChI=1S/C39H60O7/c1-7-38(6,8-2)29-39(9-3,10-4)23-21-33(45-30(5)41)22-24-42-37-36(44-28-32-19-15-12-16-20-32)35(25-34(26-40)46-37)43-27-31-17-13-11-14-18-31/h11-20,33-37,40H,7-10,21-29H2,1-6H3. The molecular weight excluding hydrogens is 580 g/mol. The largest absolute Gasteiger partial charge is 0.462 e. The lowest BCUT2D eigenvalue weighted by molar-refractivity contribution is -0.292.